The molecule has 0 fully saturated rings. The van der Waals surface area contributed by atoms with Crippen molar-refractivity contribution < 1.29 is 40.9 Å². The zero-order valence-electron chi connectivity index (χ0n) is 6.42. The Bertz CT molecular complexity index is 127. The first kappa shape index (κ1) is 17.6. The SMILES string of the molecule is CCCC(=O)CC(=O)[O-].[Al+3].[Zr+4]. The molecule has 0 heterocycles. The molecular formula is C6H9AlO3Zr+6. The minimum atomic E-state index is -1.28. The van der Waals surface area contributed by atoms with E-state index in [1.165, 1.54) is 0 Å². The van der Waals surface area contributed by atoms with E-state index in [0.717, 1.165) is 0 Å². The van der Waals surface area contributed by atoms with E-state index >= 15 is 0 Å². The number of aliphatic carboxylic acids is 1. The molecule has 3 nitrogen and oxygen atoms in total. The van der Waals surface area contributed by atoms with E-state index in [4.69, 9.17) is 0 Å². The molecule has 0 atom stereocenters. The van der Waals surface area contributed by atoms with Gasteiger partial charge in [0.2, 0.25) is 0 Å². The van der Waals surface area contributed by atoms with Crippen molar-refractivity contribution in [2.24, 2.45) is 0 Å². The minimum absolute atomic E-state index is 0. The fourth-order valence-electron chi connectivity index (χ4n) is 0.528. The van der Waals surface area contributed by atoms with E-state index in [1.54, 1.807) is 0 Å². The molecule has 0 aromatic heterocycles. The number of carboxylic acids is 1. The largest absolute Gasteiger partial charge is 4.00 e. The molecule has 0 rings (SSSR count). The molecule has 5 heteroatoms. The molecule has 52 valence electrons. The summed E-state index contributed by atoms with van der Waals surface area (Å²) in [5, 5.41) is 9.75. The molecule has 0 N–H and O–H groups in total. The molecule has 0 aromatic carbocycles. The van der Waals surface area contributed by atoms with Crippen LogP contribution in [0.1, 0.15) is 26.2 Å². The van der Waals surface area contributed by atoms with Crippen LogP contribution < -0.4 is 5.11 Å². The van der Waals surface area contributed by atoms with Crippen LogP contribution in [-0.4, -0.2) is 29.1 Å². The Morgan fingerprint density at radius 1 is 1.36 bits per heavy atom. The number of carbonyl (C=O) groups is 2. The van der Waals surface area contributed by atoms with Gasteiger partial charge in [0.1, 0.15) is 5.78 Å². The molecule has 0 spiro atoms. The number of hydrogen-bond donors (Lipinski definition) is 0. The maximum Gasteiger partial charge on any atom is 4.00 e. The molecule has 0 saturated carbocycles. The second-order valence-corrected chi connectivity index (χ2v) is 1.84. The van der Waals surface area contributed by atoms with Gasteiger partial charge in [0.15, 0.2) is 0 Å². The van der Waals surface area contributed by atoms with Crippen molar-refractivity contribution in [1.82, 2.24) is 0 Å². The van der Waals surface area contributed by atoms with Gasteiger partial charge in [-0.05, 0) is 6.42 Å². The Labute approximate surface area is 95.8 Å². The summed E-state index contributed by atoms with van der Waals surface area (Å²) in [5.41, 5.74) is 0. The first-order valence-electron chi connectivity index (χ1n) is 2.88. The van der Waals surface area contributed by atoms with Gasteiger partial charge in [-0.3, -0.25) is 4.79 Å². The monoisotopic (exact) mass is 246 g/mol. The van der Waals surface area contributed by atoms with E-state index in [-0.39, 0.29) is 49.3 Å². The van der Waals surface area contributed by atoms with Crippen molar-refractivity contribution in [3.05, 3.63) is 0 Å². The fourth-order valence-corrected chi connectivity index (χ4v) is 0.528. The third kappa shape index (κ3) is 13.5. The summed E-state index contributed by atoms with van der Waals surface area (Å²) in [6, 6.07) is 0. The smallest absolute Gasteiger partial charge is 0.550 e. The van der Waals surface area contributed by atoms with Crippen LogP contribution in [0.3, 0.4) is 0 Å². The van der Waals surface area contributed by atoms with Crippen molar-refractivity contribution in [2.45, 2.75) is 26.2 Å². The van der Waals surface area contributed by atoms with Gasteiger partial charge in [-0.1, -0.05) is 6.92 Å². The summed E-state index contributed by atoms with van der Waals surface area (Å²) in [6.07, 6.45) is 0.605. The van der Waals surface area contributed by atoms with E-state index in [1.807, 2.05) is 6.92 Å². The summed E-state index contributed by atoms with van der Waals surface area (Å²) in [4.78, 5) is 20.2. The van der Waals surface area contributed by atoms with Gasteiger partial charge < -0.3 is 9.90 Å². The van der Waals surface area contributed by atoms with Gasteiger partial charge >= 0.3 is 43.6 Å². The quantitative estimate of drug-likeness (QED) is 0.478. The predicted molar refractivity (Wildman–Crippen MR) is 35.3 cm³/mol. The van der Waals surface area contributed by atoms with Gasteiger partial charge in [0.25, 0.3) is 0 Å². The Balaban J connectivity index is -0.000000320. The van der Waals surface area contributed by atoms with Crippen LogP contribution in [0.15, 0.2) is 0 Å². The normalized spacial score (nSPS) is 7.36. The Kier molecular flexibility index (Phi) is 16.9. The average Bonchev–Trinajstić information content (AvgIpc) is 1.63. The van der Waals surface area contributed by atoms with Gasteiger partial charge in [-0.15, -0.1) is 0 Å². The molecule has 11 heavy (non-hydrogen) atoms. The van der Waals surface area contributed by atoms with Gasteiger partial charge in [0, 0.05) is 18.8 Å². The molecule has 0 aliphatic heterocycles. The number of ketones is 1. The van der Waals surface area contributed by atoms with Crippen molar-refractivity contribution in [3.63, 3.8) is 0 Å². The molecule has 0 aliphatic rings. The number of carbonyl (C=O) groups excluding carboxylic acids is 2. The van der Waals surface area contributed by atoms with Crippen molar-refractivity contribution >= 4 is 29.1 Å². The summed E-state index contributed by atoms with van der Waals surface area (Å²) < 4.78 is 0. The Morgan fingerprint density at radius 3 is 2.09 bits per heavy atom. The zero-order chi connectivity index (χ0) is 7.28. The molecule has 0 aliphatic carbocycles. The molecule has 0 radical (unpaired) electrons. The van der Waals surface area contributed by atoms with Gasteiger partial charge in [-0.2, -0.15) is 0 Å². The summed E-state index contributed by atoms with van der Waals surface area (Å²) >= 11 is 0. The Hall–Kier alpha value is 0.556. The van der Waals surface area contributed by atoms with Crippen LogP contribution in [0.25, 0.3) is 0 Å². The van der Waals surface area contributed by atoms with Crippen LogP contribution >= 0.6 is 0 Å². The van der Waals surface area contributed by atoms with E-state index in [9.17, 15) is 14.7 Å². The van der Waals surface area contributed by atoms with Crippen molar-refractivity contribution in [2.75, 3.05) is 0 Å². The third-order valence-electron chi connectivity index (χ3n) is 0.870. The van der Waals surface area contributed by atoms with Crippen LogP contribution in [0.4, 0.5) is 0 Å². The van der Waals surface area contributed by atoms with Crippen molar-refractivity contribution in [1.29, 1.82) is 0 Å². The molecule has 0 aromatic rings. The van der Waals surface area contributed by atoms with E-state index < -0.39 is 12.4 Å². The van der Waals surface area contributed by atoms with Crippen LogP contribution in [-0.2, 0) is 35.8 Å². The third-order valence-corrected chi connectivity index (χ3v) is 0.870. The summed E-state index contributed by atoms with van der Waals surface area (Å²) in [5.74, 6) is -1.54. The molecular weight excluding hydrogens is 238 g/mol. The number of rotatable bonds is 4. The second-order valence-electron chi connectivity index (χ2n) is 1.84. The molecule has 0 bridgehead atoms. The average molecular weight is 247 g/mol. The maximum absolute atomic E-state index is 10.4. The van der Waals surface area contributed by atoms with Crippen LogP contribution in [0.2, 0.25) is 0 Å². The minimum Gasteiger partial charge on any atom is -0.550 e. The van der Waals surface area contributed by atoms with Gasteiger partial charge in [-0.25, -0.2) is 0 Å². The fraction of sp³-hybridized carbons (Fsp3) is 0.667. The first-order valence-corrected chi connectivity index (χ1v) is 2.88. The molecule has 0 amide bonds. The summed E-state index contributed by atoms with van der Waals surface area (Å²) in [6.45, 7) is 1.83. The predicted octanol–water partition coefficient (Wildman–Crippen LogP) is -0.888. The standard InChI is InChI=1S/C6H10O3.Al.Zr/c1-2-3-5(7)4-6(8)9;;/h2-4H2,1H3,(H,8,9);;/q;+3;+4/p-1. The Morgan fingerprint density at radius 2 is 1.82 bits per heavy atom. The van der Waals surface area contributed by atoms with E-state index in [0.29, 0.717) is 12.8 Å². The topological polar surface area (TPSA) is 57.2 Å². The summed E-state index contributed by atoms with van der Waals surface area (Å²) in [7, 11) is 0. The second kappa shape index (κ2) is 10.6. The number of hydrogen-bond acceptors (Lipinski definition) is 3. The number of carboxylic acid groups (broad SMARTS) is 1. The van der Waals surface area contributed by atoms with Gasteiger partial charge in [0.05, 0.1) is 0 Å². The van der Waals surface area contributed by atoms with Crippen LogP contribution in [0, 0.1) is 0 Å². The van der Waals surface area contributed by atoms with Crippen molar-refractivity contribution in [3.8, 4) is 0 Å². The first-order chi connectivity index (χ1) is 4.16. The molecule has 0 unspecified atom stereocenters. The maximum atomic E-state index is 10.4. The zero-order valence-corrected chi connectivity index (χ0v) is 10.0. The molecule has 0 saturated heterocycles. The van der Waals surface area contributed by atoms with E-state index in [2.05, 4.69) is 0 Å². The number of Topliss-reactive ketones (excluding diaryl/α,β-unsaturated/α-hetero) is 1. The van der Waals surface area contributed by atoms with Crippen LogP contribution in [0.5, 0.6) is 0 Å².